The molecule has 0 radical (unpaired) electrons. The number of morpholine rings is 1. The number of hydrogen-bond acceptors (Lipinski definition) is 8. The molecule has 0 saturated carbocycles. The average Bonchev–Trinajstić information content (AvgIpc) is 3.45. The normalized spacial score (nSPS) is 17.9. The Morgan fingerprint density at radius 2 is 1.80 bits per heavy atom. The van der Waals surface area contributed by atoms with Gasteiger partial charge in [-0.1, -0.05) is 30.3 Å². The number of fused-ring (bicyclic) bond motifs is 1. The SMILES string of the molecule is COc1cc2c(Oc3ccc(N4CC(C(OC)c5ccccc5)CC4=O)cc3F)ccnc2cc1OCCCN1CCOCC1. The topological polar surface area (TPSA) is 82.6 Å². The average molecular weight is 616 g/mol. The molecule has 10 heteroatoms. The first-order valence-electron chi connectivity index (χ1n) is 15.3. The summed E-state index contributed by atoms with van der Waals surface area (Å²) in [6.07, 6.45) is 2.57. The van der Waals surface area contributed by atoms with Crippen molar-refractivity contribution in [2.24, 2.45) is 5.92 Å². The zero-order valence-electron chi connectivity index (χ0n) is 25.6. The first-order chi connectivity index (χ1) is 22.0. The second-order valence-corrected chi connectivity index (χ2v) is 11.2. The Hall–Kier alpha value is -4.25. The monoisotopic (exact) mass is 615 g/mol. The molecule has 2 aliphatic heterocycles. The summed E-state index contributed by atoms with van der Waals surface area (Å²) >= 11 is 0. The van der Waals surface area contributed by atoms with E-state index < -0.39 is 5.82 Å². The van der Waals surface area contributed by atoms with Crippen LogP contribution in [0.3, 0.4) is 0 Å². The number of rotatable bonds is 12. The van der Waals surface area contributed by atoms with Gasteiger partial charge in [-0.2, -0.15) is 0 Å². The molecule has 9 nitrogen and oxygen atoms in total. The molecule has 2 aliphatic rings. The van der Waals surface area contributed by atoms with Crippen LogP contribution in [0.2, 0.25) is 0 Å². The van der Waals surface area contributed by atoms with Crippen molar-refractivity contribution in [3.05, 3.63) is 84.3 Å². The fraction of sp³-hybridized carbons (Fsp3) is 0.371. The summed E-state index contributed by atoms with van der Waals surface area (Å²) in [5, 5.41) is 0.655. The molecule has 2 fully saturated rings. The Balaban J connectivity index is 1.14. The van der Waals surface area contributed by atoms with Crippen LogP contribution in [0.1, 0.15) is 24.5 Å². The van der Waals surface area contributed by atoms with Gasteiger partial charge in [-0.15, -0.1) is 0 Å². The summed E-state index contributed by atoms with van der Waals surface area (Å²) in [4.78, 5) is 21.5. The maximum atomic E-state index is 15.5. The molecule has 2 unspecified atom stereocenters. The van der Waals surface area contributed by atoms with Gasteiger partial charge < -0.3 is 28.6 Å². The van der Waals surface area contributed by atoms with Crippen LogP contribution in [0.5, 0.6) is 23.0 Å². The van der Waals surface area contributed by atoms with Gasteiger partial charge in [0.05, 0.1) is 38.6 Å². The number of hydrogen-bond donors (Lipinski definition) is 0. The van der Waals surface area contributed by atoms with Crippen molar-refractivity contribution in [1.29, 1.82) is 0 Å². The lowest BCUT2D eigenvalue weighted by Crippen LogP contribution is -2.37. The van der Waals surface area contributed by atoms with E-state index in [1.165, 1.54) is 6.07 Å². The number of carbonyl (C=O) groups is 1. The molecule has 2 atom stereocenters. The lowest BCUT2D eigenvalue weighted by atomic mass is 9.95. The fourth-order valence-electron chi connectivity index (χ4n) is 6.07. The Kier molecular flexibility index (Phi) is 9.73. The quantitative estimate of drug-likeness (QED) is 0.179. The molecule has 1 aromatic heterocycles. The molecule has 2 saturated heterocycles. The maximum absolute atomic E-state index is 15.5. The van der Waals surface area contributed by atoms with Crippen molar-refractivity contribution >= 4 is 22.5 Å². The molecule has 3 heterocycles. The van der Waals surface area contributed by atoms with Crippen LogP contribution in [0.15, 0.2) is 72.9 Å². The number of aromatic nitrogens is 1. The maximum Gasteiger partial charge on any atom is 0.227 e. The van der Waals surface area contributed by atoms with E-state index >= 15 is 4.39 Å². The van der Waals surface area contributed by atoms with Crippen LogP contribution in [0.25, 0.3) is 10.9 Å². The van der Waals surface area contributed by atoms with E-state index in [-0.39, 0.29) is 23.7 Å². The standard InChI is InChI=1S/C35H38FN3O6/c1-41-32-21-27-29(22-33(32)44-16-6-13-38-14-17-43-18-15-38)37-12-11-30(27)45-31-10-9-26(20-28(31)36)39-23-25(19-34(39)40)35(42-2)24-7-4-3-5-8-24/h3-5,7-12,20-22,25,35H,6,13-19,23H2,1-2H3. The summed E-state index contributed by atoms with van der Waals surface area (Å²) < 4.78 is 44.4. The Bertz CT molecular complexity index is 1610. The number of halogens is 1. The molecule has 236 valence electrons. The van der Waals surface area contributed by atoms with Crippen molar-refractivity contribution in [2.45, 2.75) is 18.9 Å². The summed E-state index contributed by atoms with van der Waals surface area (Å²) in [5.74, 6) is 0.881. The lowest BCUT2D eigenvalue weighted by molar-refractivity contribution is -0.117. The van der Waals surface area contributed by atoms with E-state index in [9.17, 15) is 4.79 Å². The molecule has 4 aromatic rings. The number of amides is 1. The highest BCUT2D eigenvalue weighted by atomic mass is 19.1. The van der Waals surface area contributed by atoms with E-state index in [4.69, 9.17) is 23.7 Å². The van der Waals surface area contributed by atoms with Crippen molar-refractivity contribution < 1.29 is 32.9 Å². The van der Waals surface area contributed by atoms with Gasteiger partial charge in [-0.25, -0.2) is 4.39 Å². The molecule has 0 aliphatic carbocycles. The highest BCUT2D eigenvalue weighted by Gasteiger charge is 2.36. The van der Waals surface area contributed by atoms with Crippen LogP contribution in [0, 0.1) is 11.7 Å². The Morgan fingerprint density at radius 3 is 2.56 bits per heavy atom. The van der Waals surface area contributed by atoms with Crippen molar-refractivity contribution in [2.75, 3.05) is 65.1 Å². The Labute approximate surface area is 262 Å². The third kappa shape index (κ3) is 7.03. The molecule has 6 rings (SSSR count). The predicted molar refractivity (Wildman–Crippen MR) is 169 cm³/mol. The van der Waals surface area contributed by atoms with Crippen molar-refractivity contribution in [3.8, 4) is 23.0 Å². The number of anilines is 1. The highest BCUT2D eigenvalue weighted by Crippen LogP contribution is 2.39. The van der Waals surface area contributed by atoms with Crippen LogP contribution < -0.4 is 19.1 Å². The molecule has 0 bridgehead atoms. The largest absolute Gasteiger partial charge is 0.493 e. The smallest absolute Gasteiger partial charge is 0.227 e. The van der Waals surface area contributed by atoms with Gasteiger partial charge in [0.1, 0.15) is 5.75 Å². The van der Waals surface area contributed by atoms with E-state index in [0.717, 1.165) is 44.8 Å². The zero-order valence-corrected chi connectivity index (χ0v) is 25.6. The number of ether oxygens (including phenoxy) is 5. The molecular formula is C35H38FN3O6. The van der Waals surface area contributed by atoms with Gasteiger partial charge >= 0.3 is 0 Å². The van der Waals surface area contributed by atoms with Crippen LogP contribution in [-0.2, 0) is 14.3 Å². The van der Waals surface area contributed by atoms with Gasteiger partial charge in [0.25, 0.3) is 0 Å². The molecule has 0 spiro atoms. The molecule has 3 aromatic carbocycles. The van der Waals surface area contributed by atoms with Crippen molar-refractivity contribution in [3.63, 3.8) is 0 Å². The molecular weight excluding hydrogens is 577 g/mol. The van der Waals surface area contributed by atoms with Gasteiger partial charge in [-0.3, -0.25) is 14.7 Å². The third-order valence-electron chi connectivity index (χ3n) is 8.38. The minimum absolute atomic E-state index is 0.0379. The number of pyridine rings is 1. The van der Waals surface area contributed by atoms with E-state index in [0.29, 0.717) is 53.4 Å². The first kappa shape index (κ1) is 30.8. The summed E-state index contributed by atoms with van der Waals surface area (Å²) in [6.45, 7) is 5.32. The molecule has 1 amide bonds. The van der Waals surface area contributed by atoms with Crippen LogP contribution in [0.4, 0.5) is 10.1 Å². The number of benzene rings is 3. The van der Waals surface area contributed by atoms with Gasteiger partial charge in [0, 0.05) is 75.0 Å². The number of carbonyl (C=O) groups excluding carboxylic acids is 1. The third-order valence-corrected chi connectivity index (χ3v) is 8.38. The lowest BCUT2D eigenvalue weighted by Gasteiger charge is -2.26. The van der Waals surface area contributed by atoms with E-state index in [1.807, 2.05) is 36.4 Å². The number of methoxy groups -OCH3 is 2. The Morgan fingerprint density at radius 1 is 0.978 bits per heavy atom. The summed E-state index contributed by atoms with van der Waals surface area (Å²) in [5.41, 5.74) is 2.12. The highest BCUT2D eigenvalue weighted by molar-refractivity contribution is 5.96. The minimum atomic E-state index is -0.577. The van der Waals surface area contributed by atoms with Gasteiger partial charge in [-0.05, 0) is 36.2 Å². The van der Waals surface area contributed by atoms with E-state index in [1.54, 1.807) is 49.6 Å². The zero-order chi connectivity index (χ0) is 31.2. The predicted octanol–water partition coefficient (Wildman–Crippen LogP) is 6.02. The second-order valence-electron chi connectivity index (χ2n) is 11.2. The van der Waals surface area contributed by atoms with Gasteiger partial charge in [0.2, 0.25) is 5.91 Å². The number of nitrogens with zero attached hydrogens (tertiary/aromatic N) is 3. The second kappa shape index (κ2) is 14.2. The van der Waals surface area contributed by atoms with Crippen molar-refractivity contribution in [1.82, 2.24) is 9.88 Å². The van der Waals surface area contributed by atoms with Gasteiger partial charge in [0.15, 0.2) is 23.1 Å². The summed E-state index contributed by atoms with van der Waals surface area (Å²) in [7, 11) is 3.23. The summed E-state index contributed by atoms with van der Waals surface area (Å²) in [6, 6.07) is 19.7. The van der Waals surface area contributed by atoms with Crippen LogP contribution in [-0.4, -0.2) is 76.0 Å². The molecule has 45 heavy (non-hydrogen) atoms. The fourth-order valence-corrected chi connectivity index (χ4v) is 6.07. The first-order valence-corrected chi connectivity index (χ1v) is 15.3. The minimum Gasteiger partial charge on any atom is -0.493 e. The van der Waals surface area contributed by atoms with Crippen LogP contribution >= 0.6 is 0 Å². The van der Waals surface area contributed by atoms with E-state index in [2.05, 4.69) is 9.88 Å². The molecule has 0 N–H and O–H groups in total.